The molecule has 5 rings (SSSR count). The molecule has 4 heterocycles. The Bertz CT molecular complexity index is 1310. The van der Waals surface area contributed by atoms with Crippen molar-refractivity contribution in [3.05, 3.63) is 65.0 Å². The lowest BCUT2D eigenvalue weighted by molar-refractivity contribution is 0.255. The SMILES string of the molecule is COc1ncc(-c2cc3nc[nH]c(=O)c3c(Nc3ccc(C4CCN(C)CC4)cc3)n2)cn1. The number of hydrogen-bond acceptors (Lipinski definition) is 8. The molecule has 1 aromatic carbocycles. The Morgan fingerprint density at radius 3 is 2.52 bits per heavy atom. The Morgan fingerprint density at radius 1 is 1.09 bits per heavy atom. The van der Waals surface area contributed by atoms with Gasteiger partial charge in [0.1, 0.15) is 11.2 Å². The van der Waals surface area contributed by atoms with E-state index in [4.69, 9.17) is 9.72 Å². The average molecular weight is 444 g/mol. The second-order valence-corrected chi connectivity index (χ2v) is 8.26. The van der Waals surface area contributed by atoms with E-state index in [9.17, 15) is 4.79 Å². The molecule has 1 saturated heterocycles. The van der Waals surface area contributed by atoms with Crippen LogP contribution in [0.4, 0.5) is 11.5 Å². The zero-order valence-electron chi connectivity index (χ0n) is 18.6. The molecule has 0 unspecified atom stereocenters. The number of nitrogens with zero attached hydrogens (tertiary/aromatic N) is 5. The lowest BCUT2D eigenvalue weighted by Crippen LogP contribution is -2.29. The van der Waals surface area contributed by atoms with E-state index in [1.54, 1.807) is 18.5 Å². The first-order chi connectivity index (χ1) is 16.1. The van der Waals surface area contributed by atoms with E-state index < -0.39 is 0 Å². The van der Waals surface area contributed by atoms with Crippen molar-refractivity contribution in [2.75, 3.05) is 32.6 Å². The molecule has 1 fully saturated rings. The number of likely N-dealkylation sites (tertiary alicyclic amines) is 1. The van der Waals surface area contributed by atoms with E-state index in [2.05, 4.69) is 49.3 Å². The van der Waals surface area contributed by atoms with Crippen LogP contribution in [0.15, 0.2) is 53.8 Å². The molecule has 1 aliphatic rings. The third-order valence-electron chi connectivity index (χ3n) is 6.09. The molecule has 0 atom stereocenters. The van der Waals surface area contributed by atoms with Crippen molar-refractivity contribution in [2.24, 2.45) is 0 Å². The third kappa shape index (κ3) is 4.40. The van der Waals surface area contributed by atoms with Crippen molar-refractivity contribution in [3.8, 4) is 17.3 Å². The van der Waals surface area contributed by atoms with Crippen LogP contribution in [0, 0.1) is 0 Å². The maximum atomic E-state index is 12.6. The first-order valence-corrected chi connectivity index (χ1v) is 10.9. The van der Waals surface area contributed by atoms with Crippen molar-refractivity contribution in [2.45, 2.75) is 18.8 Å². The van der Waals surface area contributed by atoms with E-state index in [0.717, 1.165) is 18.8 Å². The van der Waals surface area contributed by atoms with Gasteiger partial charge in [0.25, 0.3) is 5.56 Å². The van der Waals surface area contributed by atoms with Gasteiger partial charge in [-0.2, -0.15) is 0 Å². The van der Waals surface area contributed by atoms with E-state index in [0.29, 0.717) is 33.9 Å². The molecule has 0 radical (unpaired) electrons. The predicted octanol–water partition coefficient (Wildman–Crippen LogP) is 3.34. The lowest BCUT2D eigenvalue weighted by atomic mass is 9.89. The number of methoxy groups -OCH3 is 1. The smallest absolute Gasteiger partial charge is 0.316 e. The molecule has 9 nitrogen and oxygen atoms in total. The minimum absolute atomic E-state index is 0.254. The van der Waals surface area contributed by atoms with Crippen LogP contribution >= 0.6 is 0 Å². The topological polar surface area (TPSA) is 109 Å². The summed E-state index contributed by atoms with van der Waals surface area (Å²) in [7, 11) is 3.68. The summed E-state index contributed by atoms with van der Waals surface area (Å²) in [4.78, 5) is 35.0. The van der Waals surface area contributed by atoms with Gasteiger partial charge in [0, 0.05) is 23.6 Å². The third-order valence-corrected chi connectivity index (χ3v) is 6.09. The Balaban J connectivity index is 1.48. The summed E-state index contributed by atoms with van der Waals surface area (Å²) >= 11 is 0. The normalized spacial score (nSPS) is 15.0. The molecule has 3 aromatic heterocycles. The highest BCUT2D eigenvalue weighted by Gasteiger charge is 2.18. The second-order valence-electron chi connectivity index (χ2n) is 8.26. The maximum Gasteiger partial charge on any atom is 0.316 e. The highest BCUT2D eigenvalue weighted by molar-refractivity contribution is 5.92. The number of fused-ring (bicyclic) bond motifs is 1. The van der Waals surface area contributed by atoms with Gasteiger partial charge in [0.2, 0.25) is 0 Å². The number of aromatic amines is 1. The van der Waals surface area contributed by atoms with Crippen LogP contribution in [-0.4, -0.2) is 57.1 Å². The average Bonchev–Trinajstić information content (AvgIpc) is 2.85. The Kier molecular flexibility index (Phi) is 5.70. The molecule has 4 aromatic rings. The molecule has 2 N–H and O–H groups in total. The van der Waals surface area contributed by atoms with Gasteiger partial charge in [-0.25, -0.2) is 19.9 Å². The molecule has 0 spiro atoms. The number of anilines is 2. The van der Waals surface area contributed by atoms with Gasteiger partial charge in [0.05, 0.1) is 24.6 Å². The van der Waals surface area contributed by atoms with Crippen LogP contribution in [0.25, 0.3) is 22.2 Å². The number of aromatic nitrogens is 5. The van der Waals surface area contributed by atoms with Gasteiger partial charge in [-0.15, -0.1) is 0 Å². The molecule has 0 aliphatic carbocycles. The van der Waals surface area contributed by atoms with E-state index in [1.807, 2.05) is 12.1 Å². The molecule has 9 heteroatoms. The van der Waals surface area contributed by atoms with Crippen molar-refractivity contribution >= 4 is 22.4 Å². The number of piperidine rings is 1. The number of H-pyrrole nitrogens is 1. The van der Waals surface area contributed by atoms with Crippen molar-refractivity contribution < 1.29 is 4.74 Å². The van der Waals surface area contributed by atoms with Gasteiger partial charge in [-0.1, -0.05) is 12.1 Å². The van der Waals surface area contributed by atoms with Crippen LogP contribution in [0.2, 0.25) is 0 Å². The van der Waals surface area contributed by atoms with Crippen LogP contribution in [0.1, 0.15) is 24.3 Å². The number of ether oxygens (including phenoxy) is 1. The Hall–Kier alpha value is -3.85. The fraction of sp³-hybridized carbons (Fsp3) is 0.292. The first kappa shape index (κ1) is 21.0. The van der Waals surface area contributed by atoms with Gasteiger partial charge in [-0.05, 0) is 62.7 Å². The highest BCUT2D eigenvalue weighted by Crippen LogP contribution is 2.30. The van der Waals surface area contributed by atoms with Crippen LogP contribution in [0.5, 0.6) is 6.01 Å². The molecule has 168 valence electrons. The summed E-state index contributed by atoms with van der Waals surface area (Å²) in [6.45, 7) is 2.25. The van der Waals surface area contributed by atoms with Crippen molar-refractivity contribution in [1.82, 2.24) is 29.8 Å². The predicted molar refractivity (Wildman–Crippen MR) is 127 cm³/mol. The second kappa shape index (κ2) is 8.95. The molecule has 0 saturated carbocycles. The summed E-state index contributed by atoms with van der Waals surface area (Å²) in [5.41, 5.74) is 3.77. The van der Waals surface area contributed by atoms with Gasteiger partial charge in [-0.3, -0.25) is 4.79 Å². The van der Waals surface area contributed by atoms with E-state index in [1.165, 1.54) is 31.8 Å². The largest absolute Gasteiger partial charge is 0.467 e. The minimum atomic E-state index is -0.254. The number of nitrogens with one attached hydrogen (secondary N) is 2. The highest BCUT2D eigenvalue weighted by atomic mass is 16.5. The van der Waals surface area contributed by atoms with Crippen LogP contribution in [0.3, 0.4) is 0 Å². The standard InChI is InChI=1S/C24H25N7O2/c1-31-9-7-16(8-10-31)15-3-5-18(6-4-15)29-22-21-20(27-14-28-23(21)32)11-19(30-22)17-12-25-24(33-2)26-13-17/h3-6,11-14,16H,7-10H2,1-2H3,(H,29,30)(H,27,28,32). The zero-order chi connectivity index (χ0) is 22.8. The van der Waals surface area contributed by atoms with Crippen LogP contribution in [-0.2, 0) is 0 Å². The molecular weight excluding hydrogens is 418 g/mol. The summed E-state index contributed by atoms with van der Waals surface area (Å²) < 4.78 is 5.04. The van der Waals surface area contributed by atoms with Gasteiger partial charge >= 0.3 is 6.01 Å². The molecule has 33 heavy (non-hydrogen) atoms. The summed E-state index contributed by atoms with van der Waals surface area (Å²) in [5, 5.41) is 3.71. The summed E-state index contributed by atoms with van der Waals surface area (Å²) in [5.74, 6) is 1.01. The molecule has 0 bridgehead atoms. The van der Waals surface area contributed by atoms with E-state index in [-0.39, 0.29) is 11.6 Å². The molecule has 0 amide bonds. The van der Waals surface area contributed by atoms with Crippen LogP contribution < -0.4 is 15.6 Å². The van der Waals surface area contributed by atoms with Gasteiger partial charge in [0.15, 0.2) is 0 Å². The Labute approximate surface area is 190 Å². The number of rotatable bonds is 5. The minimum Gasteiger partial charge on any atom is -0.467 e. The lowest BCUT2D eigenvalue weighted by Gasteiger charge is -2.29. The quantitative estimate of drug-likeness (QED) is 0.483. The van der Waals surface area contributed by atoms with Crippen molar-refractivity contribution in [1.29, 1.82) is 0 Å². The Morgan fingerprint density at radius 2 is 1.82 bits per heavy atom. The number of hydrogen-bond donors (Lipinski definition) is 2. The summed E-state index contributed by atoms with van der Waals surface area (Å²) in [6, 6.07) is 10.4. The number of benzene rings is 1. The molecular formula is C24H25N7O2. The fourth-order valence-corrected chi connectivity index (χ4v) is 4.20. The first-order valence-electron chi connectivity index (χ1n) is 10.9. The zero-order valence-corrected chi connectivity index (χ0v) is 18.6. The number of pyridine rings is 1. The van der Waals surface area contributed by atoms with Crippen molar-refractivity contribution in [3.63, 3.8) is 0 Å². The maximum absolute atomic E-state index is 12.6. The fourth-order valence-electron chi connectivity index (χ4n) is 4.20. The monoisotopic (exact) mass is 443 g/mol. The summed E-state index contributed by atoms with van der Waals surface area (Å²) in [6.07, 6.45) is 6.99. The van der Waals surface area contributed by atoms with E-state index >= 15 is 0 Å². The van der Waals surface area contributed by atoms with Gasteiger partial charge < -0.3 is 19.9 Å². The molecule has 1 aliphatic heterocycles.